The molecule has 29 heavy (non-hydrogen) atoms. The second-order valence-electron chi connectivity index (χ2n) is 7.14. The van der Waals surface area contributed by atoms with Crippen LogP contribution in [0.1, 0.15) is 19.8 Å². The highest BCUT2D eigenvalue weighted by Gasteiger charge is 2.16. The molecule has 0 bridgehead atoms. The zero-order valence-corrected chi connectivity index (χ0v) is 16.4. The Bertz CT molecular complexity index is 833. The first-order valence-corrected chi connectivity index (χ1v) is 9.69. The van der Waals surface area contributed by atoms with Crippen molar-refractivity contribution in [3.8, 4) is 5.75 Å². The van der Waals surface area contributed by atoms with Crippen molar-refractivity contribution in [3.63, 3.8) is 0 Å². The molecular formula is C22H25FN2O4. The average molecular weight is 400 g/mol. The number of carbonyl (C=O) groups excluding carboxylic acids is 2. The summed E-state index contributed by atoms with van der Waals surface area (Å²) >= 11 is 0. The topological polar surface area (TPSA) is 67.9 Å². The van der Waals surface area contributed by atoms with Gasteiger partial charge in [0.15, 0.2) is 24.8 Å². The van der Waals surface area contributed by atoms with Gasteiger partial charge < -0.3 is 19.7 Å². The summed E-state index contributed by atoms with van der Waals surface area (Å²) in [4.78, 5) is 26.0. The minimum atomic E-state index is -0.752. The summed E-state index contributed by atoms with van der Waals surface area (Å²) in [6.45, 7) is 3.44. The number of hydrogen-bond donors (Lipinski definition) is 1. The van der Waals surface area contributed by atoms with Crippen molar-refractivity contribution in [1.82, 2.24) is 0 Å². The minimum Gasteiger partial charge on any atom is -0.479 e. The van der Waals surface area contributed by atoms with Gasteiger partial charge in [0.2, 0.25) is 0 Å². The first-order valence-electron chi connectivity index (χ1n) is 9.69. The molecule has 1 saturated heterocycles. The van der Waals surface area contributed by atoms with Gasteiger partial charge in [-0.25, -0.2) is 9.18 Å². The fourth-order valence-electron chi connectivity index (χ4n) is 3.11. The maximum absolute atomic E-state index is 13.4. The van der Waals surface area contributed by atoms with Gasteiger partial charge in [-0.3, -0.25) is 4.79 Å². The number of esters is 1. The lowest BCUT2D eigenvalue weighted by molar-refractivity contribution is -0.149. The third-order valence-corrected chi connectivity index (χ3v) is 4.85. The number of halogens is 1. The summed E-state index contributed by atoms with van der Waals surface area (Å²) in [5, 5.41) is 2.68. The molecule has 1 heterocycles. The van der Waals surface area contributed by atoms with Crippen LogP contribution < -0.4 is 15.0 Å². The van der Waals surface area contributed by atoms with E-state index in [1.165, 1.54) is 31.0 Å². The smallest absolute Gasteiger partial charge is 0.344 e. The van der Waals surface area contributed by atoms with Crippen molar-refractivity contribution < 1.29 is 23.5 Å². The van der Waals surface area contributed by atoms with Crippen LogP contribution in [0.25, 0.3) is 0 Å². The number of rotatable bonds is 7. The zero-order valence-electron chi connectivity index (χ0n) is 16.4. The predicted molar refractivity (Wildman–Crippen MR) is 109 cm³/mol. The van der Waals surface area contributed by atoms with Crippen LogP contribution >= 0.6 is 0 Å². The standard InChI is InChI=1S/C22H25FN2O4/c1-16-10-12-25(13-11-16)18-8-6-17(7-9-18)24-21(26)14-29-22(27)15-28-20-5-3-2-4-19(20)23/h2-9,16H,10-15H2,1H3,(H,24,26). The van der Waals surface area contributed by atoms with Crippen LogP contribution in [0.3, 0.4) is 0 Å². The van der Waals surface area contributed by atoms with Gasteiger partial charge in [0.25, 0.3) is 5.91 Å². The number of amides is 1. The molecule has 0 atom stereocenters. The molecule has 2 aromatic carbocycles. The lowest BCUT2D eigenvalue weighted by Crippen LogP contribution is -2.32. The number of ether oxygens (including phenoxy) is 2. The molecule has 7 heteroatoms. The lowest BCUT2D eigenvalue weighted by Gasteiger charge is -2.32. The van der Waals surface area contributed by atoms with Gasteiger partial charge >= 0.3 is 5.97 Å². The van der Waals surface area contributed by atoms with Crippen molar-refractivity contribution in [2.45, 2.75) is 19.8 Å². The summed E-state index contributed by atoms with van der Waals surface area (Å²) in [6, 6.07) is 13.3. The summed E-state index contributed by atoms with van der Waals surface area (Å²) < 4.78 is 23.3. The SMILES string of the molecule is CC1CCN(c2ccc(NC(=O)COC(=O)COc3ccccc3F)cc2)CC1. The Labute approximate surface area is 169 Å². The number of para-hydroxylation sites is 1. The Morgan fingerprint density at radius 1 is 1.07 bits per heavy atom. The summed E-state index contributed by atoms with van der Waals surface area (Å²) in [5.41, 5.74) is 1.76. The Hall–Kier alpha value is -3.09. The van der Waals surface area contributed by atoms with E-state index in [1.54, 1.807) is 6.07 Å². The van der Waals surface area contributed by atoms with Gasteiger partial charge in [-0.15, -0.1) is 0 Å². The number of hydrogen-bond acceptors (Lipinski definition) is 5. The molecule has 154 valence electrons. The molecule has 3 rings (SSSR count). The molecule has 0 saturated carbocycles. The highest BCUT2D eigenvalue weighted by atomic mass is 19.1. The second kappa shape index (κ2) is 9.91. The van der Waals surface area contributed by atoms with Gasteiger partial charge in [-0.1, -0.05) is 19.1 Å². The molecule has 0 aromatic heterocycles. The maximum atomic E-state index is 13.4. The molecule has 1 N–H and O–H groups in total. The van der Waals surface area contributed by atoms with Gasteiger partial charge in [0.05, 0.1) is 0 Å². The molecule has 1 fully saturated rings. The van der Waals surface area contributed by atoms with Crippen LogP contribution in [0.15, 0.2) is 48.5 Å². The second-order valence-corrected chi connectivity index (χ2v) is 7.14. The van der Waals surface area contributed by atoms with Crippen LogP contribution in [0.4, 0.5) is 15.8 Å². The largest absolute Gasteiger partial charge is 0.479 e. The number of piperidine rings is 1. The molecule has 1 aliphatic rings. The van der Waals surface area contributed by atoms with E-state index in [9.17, 15) is 14.0 Å². The first kappa shape index (κ1) is 20.6. The van der Waals surface area contributed by atoms with Crippen molar-refractivity contribution in [1.29, 1.82) is 0 Å². The number of carbonyl (C=O) groups is 2. The first-order chi connectivity index (χ1) is 14.0. The molecule has 2 aromatic rings. The van der Waals surface area contributed by atoms with Crippen LogP contribution in [0.2, 0.25) is 0 Å². The van der Waals surface area contributed by atoms with Gasteiger partial charge in [0, 0.05) is 24.5 Å². The number of benzene rings is 2. The lowest BCUT2D eigenvalue weighted by atomic mass is 9.99. The Kier molecular flexibility index (Phi) is 7.05. The molecule has 1 amide bonds. The highest BCUT2D eigenvalue weighted by molar-refractivity contribution is 5.93. The van der Waals surface area contributed by atoms with Gasteiger partial charge in [-0.2, -0.15) is 0 Å². The van der Waals surface area contributed by atoms with E-state index in [0.29, 0.717) is 5.69 Å². The molecule has 0 spiro atoms. The maximum Gasteiger partial charge on any atom is 0.344 e. The van der Waals surface area contributed by atoms with Crippen molar-refractivity contribution in [3.05, 3.63) is 54.3 Å². The fourth-order valence-corrected chi connectivity index (χ4v) is 3.11. The van der Waals surface area contributed by atoms with Crippen molar-refractivity contribution >= 4 is 23.3 Å². The number of nitrogens with one attached hydrogen (secondary N) is 1. The molecule has 1 aliphatic heterocycles. The third-order valence-electron chi connectivity index (χ3n) is 4.85. The molecule has 0 unspecified atom stereocenters. The summed E-state index contributed by atoms with van der Waals surface area (Å²) in [7, 11) is 0. The normalized spacial score (nSPS) is 14.3. The van der Waals surface area contributed by atoms with E-state index in [-0.39, 0.29) is 5.75 Å². The van der Waals surface area contributed by atoms with E-state index in [0.717, 1.165) is 24.7 Å². The Balaban J connectivity index is 1.40. The van der Waals surface area contributed by atoms with Crippen LogP contribution in [0, 0.1) is 11.7 Å². The Morgan fingerprint density at radius 2 is 1.76 bits per heavy atom. The fraction of sp³-hybridized carbons (Fsp3) is 0.364. The number of nitrogens with zero attached hydrogens (tertiary/aromatic N) is 1. The summed E-state index contributed by atoms with van der Waals surface area (Å²) in [6.07, 6.45) is 2.37. The molecule has 0 aliphatic carbocycles. The quantitative estimate of drug-likeness (QED) is 0.719. The van der Waals surface area contributed by atoms with Crippen LogP contribution in [-0.4, -0.2) is 38.2 Å². The van der Waals surface area contributed by atoms with Gasteiger partial charge in [-0.05, 0) is 55.2 Å². The minimum absolute atomic E-state index is 0.0443. The van der Waals surface area contributed by atoms with E-state index in [2.05, 4.69) is 17.1 Å². The van der Waals surface area contributed by atoms with E-state index in [4.69, 9.17) is 9.47 Å². The van der Waals surface area contributed by atoms with Crippen molar-refractivity contribution in [2.24, 2.45) is 5.92 Å². The van der Waals surface area contributed by atoms with Crippen LogP contribution in [0.5, 0.6) is 5.75 Å². The molecule has 0 radical (unpaired) electrons. The third kappa shape index (κ3) is 6.20. The average Bonchev–Trinajstić information content (AvgIpc) is 2.73. The summed E-state index contributed by atoms with van der Waals surface area (Å²) in [5.74, 6) is -1.05. The number of anilines is 2. The molecule has 6 nitrogen and oxygen atoms in total. The Morgan fingerprint density at radius 3 is 2.45 bits per heavy atom. The van der Waals surface area contributed by atoms with Crippen molar-refractivity contribution in [2.75, 3.05) is 36.5 Å². The monoisotopic (exact) mass is 400 g/mol. The van der Waals surface area contributed by atoms with E-state index < -0.39 is 30.9 Å². The predicted octanol–water partition coefficient (Wildman–Crippen LogP) is 3.62. The zero-order chi connectivity index (χ0) is 20.6. The highest BCUT2D eigenvalue weighted by Crippen LogP contribution is 2.24. The van der Waals surface area contributed by atoms with Crippen LogP contribution in [-0.2, 0) is 14.3 Å². The van der Waals surface area contributed by atoms with E-state index in [1.807, 2.05) is 24.3 Å². The molecular weight excluding hydrogens is 375 g/mol. The van der Waals surface area contributed by atoms with E-state index >= 15 is 0 Å². The van der Waals surface area contributed by atoms with Gasteiger partial charge in [0.1, 0.15) is 0 Å².